The molecule has 0 saturated carbocycles. The SMILES string of the molecule is CCOc1ccc(-c2ccc(N3CCN(C(=O)/C=C/c4ccc5c(c4)OCO5)CC3)nn2)cc1. The Morgan fingerprint density at radius 2 is 1.76 bits per heavy atom. The van der Waals surface area contributed by atoms with Crippen LogP contribution in [0.5, 0.6) is 17.2 Å². The molecule has 0 atom stereocenters. The van der Waals surface area contributed by atoms with Crippen molar-refractivity contribution in [1.82, 2.24) is 15.1 Å². The number of rotatable bonds is 6. The molecule has 0 N–H and O–H groups in total. The van der Waals surface area contributed by atoms with Crippen LogP contribution >= 0.6 is 0 Å². The van der Waals surface area contributed by atoms with Crippen molar-refractivity contribution in [2.24, 2.45) is 0 Å². The molecule has 1 saturated heterocycles. The maximum atomic E-state index is 12.6. The molecule has 1 amide bonds. The van der Waals surface area contributed by atoms with E-state index in [1.165, 1.54) is 0 Å². The molecule has 0 spiro atoms. The van der Waals surface area contributed by atoms with Crippen molar-refractivity contribution in [3.8, 4) is 28.5 Å². The first-order valence-corrected chi connectivity index (χ1v) is 11.4. The molecule has 2 aliphatic heterocycles. The second-order valence-corrected chi connectivity index (χ2v) is 7.99. The number of anilines is 1. The summed E-state index contributed by atoms with van der Waals surface area (Å²) in [5.41, 5.74) is 2.71. The molecule has 0 radical (unpaired) electrons. The van der Waals surface area contributed by atoms with E-state index in [4.69, 9.17) is 14.2 Å². The van der Waals surface area contributed by atoms with Crippen molar-refractivity contribution in [1.29, 1.82) is 0 Å². The number of amides is 1. The Kier molecular flexibility index (Phi) is 6.29. The summed E-state index contributed by atoms with van der Waals surface area (Å²) in [5.74, 6) is 3.09. The summed E-state index contributed by atoms with van der Waals surface area (Å²) in [6.07, 6.45) is 3.42. The highest BCUT2D eigenvalue weighted by Gasteiger charge is 2.21. The quantitative estimate of drug-likeness (QED) is 0.522. The predicted octanol–water partition coefficient (Wildman–Crippen LogP) is 3.63. The zero-order valence-electron chi connectivity index (χ0n) is 19.0. The van der Waals surface area contributed by atoms with Gasteiger partial charge in [-0.25, -0.2) is 0 Å². The average Bonchev–Trinajstić information content (AvgIpc) is 3.36. The minimum atomic E-state index is -0.00533. The Morgan fingerprint density at radius 3 is 2.50 bits per heavy atom. The van der Waals surface area contributed by atoms with E-state index in [1.807, 2.05) is 72.5 Å². The number of fused-ring (bicyclic) bond motifs is 1. The normalized spacial score (nSPS) is 15.1. The van der Waals surface area contributed by atoms with Gasteiger partial charge in [-0.1, -0.05) is 6.07 Å². The Bertz CT molecular complexity index is 1170. The highest BCUT2D eigenvalue weighted by atomic mass is 16.7. The second kappa shape index (κ2) is 9.82. The summed E-state index contributed by atoms with van der Waals surface area (Å²) in [5, 5.41) is 8.82. The average molecular weight is 459 g/mol. The fourth-order valence-electron chi connectivity index (χ4n) is 3.98. The topological polar surface area (TPSA) is 77.0 Å². The second-order valence-electron chi connectivity index (χ2n) is 7.99. The fourth-order valence-corrected chi connectivity index (χ4v) is 3.98. The molecule has 2 aromatic carbocycles. The minimum Gasteiger partial charge on any atom is -0.494 e. The number of nitrogens with zero attached hydrogens (tertiary/aromatic N) is 4. The summed E-state index contributed by atoms with van der Waals surface area (Å²) < 4.78 is 16.2. The van der Waals surface area contributed by atoms with Gasteiger partial charge < -0.3 is 24.0 Å². The van der Waals surface area contributed by atoms with Crippen LogP contribution < -0.4 is 19.1 Å². The molecule has 0 unspecified atom stereocenters. The van der Waals surface area contributed by atoms with Gasteiger partial charge in [0.2, 0.25) is 12.7 Å². The molecule has 3 heterocycles. The minimum absolute atomic E-state index is 0.00533. The van der Waals surface area contributed by atoms with Gasteiger partial charge in [-0.15, -0.1) is 10.2 Å². The van der Waals surface area contributed by atoms with E-state index in [0.29, 0.717) is 38.5 Å². The molecule has 0 bridgehead atoms. The lowest BCUT2D eigenvalue weighted by Gasteiger charge is -2.34. The van der Waals surface area contributed by atoms with Crippen LogP contribution in [0.1, 0.15) is 12.5 Å². The molecule has 34 heavy (non-hydrogen) atoms. The lowest BCUT2D eigenvalue weighted by atomic mass is 10.1. The van der Waals surface area contributed by atoms with Gasteiger partial charge in [0.15, 0.2) is 17.3 Å². The summed E-state index contributed by atoms with van der Waals surface area (Å²) in [7, 11) is 0. The molecular formula is C26H26N4O4. The third kappa shape index (κ3) is 4.80. The fraction of sp³-hybridized carbons (Fsp3) is 0.269. The predicted molar refractivity (Wildman–Crippen MR) is 129 cm³/mol. The maximum Gasteiger partial charge on any atom is 0.246 e. The van der Waals surface area contributed by atoms with Crippen molar-refractivity contribution in [3.63, 3.8) is 0 Å². The Balaban J connectivity index is 1.15. The Morgan fingerprint density at radius 1 is 0.971 bits per heavy atom. The molecular weight excluding hydrogens is 432 g/mol. The summed E-state index contributed by atoms with van der Waals surface area (Å²) >= 11 is 0. The van der Waals surface area contributed by atoms with Crippen LogP contribution in [-0.2, 0) is 4.79 Å². The first-order chi connectivity index (χ1) is 16.7. The van der Waals surface area contributed by atoms with Crippen LogP contribution in [0.3, 0.4) is 0 Å². The first-order valence-electron chi connectivity index (χ1n) is 11.4. The molecule has 0 aliphatic carbocycles. The summed E-state index contributed by atoms with van der Waals surface area (Å²) in [6.45, 7) is 5.52. The van der Waals surface area contributed by atoms with Gasteiger partial charge in [0.25, 0.3) is 0 Å². The Labute approximate surface area is 198 Å². The smallest absolute Gasteiger partial charge is 0.246 e. The van der Waals surface area contributed by atoms with Crippen molar-refractivity contribution in [3.05, 3.63) is 66.2 Å². The van der Waals surface area contributed by atoms with Gasteiger partial charge in [-0.3, -0.25) is 4.79 Å². The highest BCUT2D eigenvalue weighted by Crippen LogP contribution is 2.32. The number of ether oxygens (including phenoxy) is 3. The van der Waals surface area contributed by atoms with Crippen LogP contribution in [0.15, 0.2) is 60.7 Å². The van der Waals surface area contributed by atoms with Crippen LogP contribution in [0, 0.1) is 0 Å². The maximum absolute atomic E-state index is 12.6. The Hall–Kier alpha value is -4.07. The monoisotopic (exact) mass is 458 g/mol. The van der Waals surface area contributed by atoms with E-state index < -0.39 is 0 Å². The van der Waals surface area contributed by atoms with Crippen molar-refractivity contribution < 1.29 is 19.0 Å². The zero-order valence-corrected chi connectivity index (χ0v) is 19.0. The zero-order chi connectivity index (χ0) is 23.3. The van der Waals surface area contributed by atoms with Crippen LogP contribution in [0.4, 0.5) is 5.82 Å². The molecule has 5 rings (SSSR count). The molecule has 3 aromatic rings. The van der Waals surface area contributed by atoms with E-state index in [2.05, 4.69) is 15.1 Å². The van der Waals surface area contributed by atoms with Gasteiger partial charge in [-0.2, -0.15) is 0 Å². The number of hydrogen-bond acceptors (Lipinski definition) is 7. The molecule has 1 aromatic heterocycles. The van der Waals surface area contributed by atoms with E-state index >= 15 is 0 Å². The van der Waals surface area contributed by atoms with Crippen LogP contribution in [-0.4, -0.2) is 60.6 Å². The number of benzene rings is 2. The number of hydrogen-bond donors (Lipinski definition) is 0. The highest BCUT2D eigenvalue weighted by molar-refractivity contribution is 5.92. The standard InChI is InChI=1S/C26H26N4O4/c1-2-32-21-7-5-20(6-8-21)22-9-11-25(28-27-22)29-13-15-30(16-14-29)26(31)12-4-19-3-10-23-24(17-19)34-18-33-23/h3-12,17H,2,13-16,18H2,1H3/b12-4+. The van der Waals surface area contributed by atoms with Gasteiger partial charge in [0.05, 0.1) is 12.3 Å². The van der Waals surface area contributed by atoms with Crippen molar-refractivity contribution >= 4 is 17.8 Å². The lowest BCUT2D eigenvalue weighted by Crippen LogP contribution is -2.48. The van der Waals surface area contributed by atoms with E-state index in [-0.39, 0.29) is 12.7 Å². The summed E-state index contributed by atoms with van der Waals surface area (Å²) in [4.78, 5) is 16.6. The first kappa shape index (κ1) is 21.8. The molecule has 2 aliphatic rings. The van der Waals surface area contributed by atoms with E-state index in [9.17, 15) is 4.79 Å². The molecule has 8 nitrogen and oxygen atoms in total. The van der Waals surface area contributed by atoms with Gasteiger partial charge in [0.1, 0.15) is 5.75 Å². The van der Waals surface area contributed by atoms with Gasteiger partial charge >= 0.3 is 0 Å². The third-order valence-corrected chi connectivity index (χ3v) is 5.84. The largest absolute Gasteiger partial charge is 0.494 e. The third-order valence-electron chi connectivity index (χ3n) is 5.84. The van der Waals surface area contributed by atoms with E-state index in [0.717, 1.165) is 34.1 Å². The van der Waals surface area contributed by atoms with Crippen LogP contribution in [0.2, 0.25) is 0 Å². The van der Waals surface area contributed by atoms with E-state index in [1.54, 1.807) is 6.08 Å². The molecule has 8 heteroatoms. The van der Waals surface area contributed by atoms with Gasteiger partial charge in [-0.05, 0) is 67.1 Å². The number of carbonyl (C=O) groups excluding carboxylic acids is 1. The number of aromatic nitrogens is 2. The number of piperazine rings is 1. The lowest BCUT2D eigenvalue weighted by molar-refractivity contribution is -0.126. The number of carbonyl (C=O) groups is 1. The van der Waals surface area contributed by atoms with Crippen molar-refractivity contribution in [2.75, 3.05) is 44.5 Å². The van der Waals surface area contributed by atoms with Crippen molar-refractivity contribution in [2.45, 2.75) is 6.92 Å². The van der Waals surface area contributed by atoms with Gasteiger partial charge in [0, 0.05) is 37.8 Å². The van der Waals surface area contributed by atoms with Crippen LogP contribution in [0.25, 0.3) is 17.3 Å². The molecule has 1 fully saturated rings. The summed E-state index contributed by atoms with van der Waals surface area (Å²) in [6, 6.07) is 17.4. The molecule has 174 valence electrons.